The molecular formula is C17H28O3S3. The summed E-state index contributed by atoms with van der Waals surface area (Å²) in [6, 6.07) is 1.99. The molecule has 0 unspecified atom stereocenters. The third-order valence-electron chi connectivity index (χ3n) is 3.15. The SMILES string of the molecule is C.C.CCOC(=O)c1cc2c(s1)CCSC2.O=C1CCSCC1. The summed E-state index contributed by atoms with van der Waals surface area (Å²) >= 11 is 5.40. The first-order valence-electron chi connectivity index (χ1n) is 7.16. The summed E-state index contributed by atoms with van der Waals surface area (Å²) in [6.45, 7) is 2.29. The first-order valence-corrected chi connectivity index (χ1v) is 10.3. The van der Waals surface area contributed by atoms with Crippen LogP contribution in [0.1, 0.15) is 54.7 Å². The number of fused-ring (bicyclic) bond motifs is 1. The molecule has 132 valence electrons. The minimum atomic E-state index is -0.170. The highest BCUT2D eigenvalue weighted by Gasteiger charge is 2.17. The van der Waals surface area contributed by atoms with Crippen molar-refractivity contribution in [2.45, 2.75) is 46.8 Å². The maximum Gasteiger partial charge on any atom is 0.348 e. The normalized spacial score (nSPS) is 16.0. The van der Waals surface area contributed by atoms with Gasteiger partial charge in [0.15, 0.2) is 0 Å². The molecule has 3 nitrogen and oxygen atoms in total. The molecule has 0 bridgehead atoms. The fourth-order valence-corrected chi connectivity index (χ4v) is 5.26. The van der Waals surface area contributed by atoms with Gasteiger partial charge in [-0.2, -0.15) is 23.5 Å². The van der Waals surface area contributed by atoms with E-state index in [-0.39, 0.29) is 20.8 Å². The molecule has 2 aliphatic heterocycles. The Balaban J connectivity index is 0.000000463. The van der Waals surface area contributed by atoms with Crippen molar-refractivity contribution in [1.29, 1.82) is 0 Å². The quantitative estimate of drug-likeness (QED) is 0.674. The number of ether oxygens (including phenoxy) is 1. The summed E-state index contributed by atoms with van der Waals surface area (Å²) in [6.07, 6.45) is 2.72. The lowest BCUT2D eigenvalue weighted by atomic mass is 10.2. The zero-order valence-electron chi connectivity index (χ0n) is 12.2. The molecule has 1 aromatic rings. The zero-order chi connectivity index (χ0) is 15.1. The zero-order valence-corrected chi connectivity index (χ0v) is 14.6. The van der Waals surface area contributed by atoms with Gasteiger partial charge in [-0.1, -0.05) is 14.9 Å². The molecule has 0 aromatic carbocycles. The summed E-state index contributed by atoms with van der Waals surface area (Å²) in [5.41, 5.74) is 1.33. The molecule has 0 atom stereocenters. The Kier molecular flexibility index (Phi) is 11.7. The molecule has 0 saturated carbocycles. The standard InChI is InChI=1S/C10H12O2S2.C5H8OS.2CH4/c1-2-12-10(11)9-5-7-6-13-4-3-8(7)14-9;6-5-1-3-7-4-2-5;;/h5H,2-4,6H2,1H3;1-4H2;2*1H4. The van der Waals surface area contributed by atoms with Crippen LogP contribution in [0.25, 0.3) is 0 Å². The average Bonchev–Trinajstić information content (AvgIpc) is 2.93. The molecule has 3 heterocycles. The molecule has 0 spiro atoms. The Morgan fingerprint density at radius 3 is 2.30 bits per heavy atom. The number of hydrogen-bond acceptors (Lipinski definition) is 6. The van der Waals surface area contributed by atoms with E-state index in [1.807, 2.05) is 36.5 Å². The molecule has 1 saturated heterocycles. The topological polar surface area (TPSA) is 43.4 Å². The van der Waals surface area contributed by atoms with Crippen LogP contribution in [0.2, 0.25) is 0 Å². The summed E-state index contributed by atoms with van der Waals surface area (Å²) in [4.78, 5) is 24.0. The number of hydrogen-bond donors (Lipinski definition) is 0. The van der Waals surface area contributed by atoms with Crippen molar-refractivity contribution in [3.05, 3.63) is 21.4 Å². The number of esters is 1. The fraction of sp³-hybridized carbons (Fsp3) is 0.647. The lowest BCUT2D eigenvalue weighted by Gasteiger charge is -2.08. The van der Waals surface area contributed by atoms with E-state index < -0.39 is 0 Å². The Hall–Kier alpha value is -0.460. The Morgan fingerprint density at radius 1 is 1.13 bits per heavy atom. The van der Waals surface area contributed by atoms with Crippen LogP contribution in [-0.2, 0) is 21.7 Å². The van der Waals surface area contributed by atoms with Crippen LogP contribution in [-0.4, -0.2) is 35.6 Å². The Labute approximate surface area is 153 Å². The third kappa shape index (κ3) is 7.31. The van der Waals surface area contributed by atoms with Gasteiger partial charge in [-0.25, -0.2) is 4.79 Å². The number of carbonyl (C=O) groups is 2. The van der Waals surface area contributed by atoms with Gasteiger partial charge >= 0.3 is 5.97 Å². The van der Waals surface area contributed by atoms with Crippen LogP contribution in [0.4, 0.5) is 0 Å². The number of carbonyl (C=O) groups excluding carboxylic acids is 2. The summed E-state index contributed by atoms with van der Waals surface area (Å²) in [7, 11) is 0. The highest BCUT2D eigenvalue weighted by atomic mass is 32.2. The van der Waals surface area contributed by atoms with Gasteiger partial charge in [-0.05, 0) is 30.7 Å². The molecule has 6 heteroatoms. The summed E-state index contributed by atoms with van der Waals surface area (Å²) in [5, 5.41) is 0. The Bertz CT molecular complexity index is 466. The minimum Gasteiger partial charge on any atom is -0.462 e. The second-order valence-electron chi connectivity index (χ2n) is 4.73. The van der Waals surface area contributed by atoms with Crippen molar-refractivity contribution >= 4 is 46.6 Å². The van der Waals surface area contributed by atoms with Crippen LogP contribution in [0, 0.1) is 0 Å². The number of Topliss-reactive ketones (excluding diaryl/α,β-unsaturated/α-hetero) is 1. The van der Waals surface area contributed by atoms with E-state index in [0.29, 0.717) is 12.4 Å². The van der Waals surface area contributed by atoms with Gasteiger partial charge in [0.1, 0.15) is 10.7 Å². The fourth-order valence-electron chi connectivity index (χ4n) is 2.05. The number of thiophene rings is 1. The first-order chi connectivity index (χ1) is 10.2. The first kappa shape index (κ1) is 22.5. The van der Waals surface area contributed by atoms with Crippen LogP contribution < -0.4 is 0 Å². The molecule has 0 N–H and O–H groups in total. The molecule has 1 fully saturated rings. The second kappa shape index (κ2) is 12.0. The van der Waals surface area contributed by atoms with Crippen LogP contribution in [0.5, 0.6) is 0 Å². The number of ketones is 1. The monoisotopic (exact) mass is 376 g/mol. The smallest absolute Gasteiger partial charge is 0.348 e. The predicted octanol–water partition coefficient (Wildman–Crippen LogP) is 5.07. The van der Waals surface area contributed by atoms with Gasteiger partial charge in [-0.15, -0.1) is 11.3 Å². The lowest BCUT2D eigenvalue weighted by molar-refractivity contribution is -0.118. The van der Waals surface area contributed by atoms with Gasteiger partial charge in [0.25, 0.3) is 0 Å². The van der Waals surface area contributed by atoms with E-state index in [0.717, 1.165) is 41.4 Å². The molecule has 0 radical (unpaired) electrons. The van der Waals surface area contributed by atoms with Crippen LogP contribution in [0.3, 0.4) is 0 Å². The van der Waals surface area contributed by atoms with E-state index in [1.165, 1.54) is 16.2 Å². The molecule has 23 heavy (non-hydrogen) atoms. The minimum absolute atomic E-state index is 0. The van der Waals surface area contributed by atoms with E-state index in [4.69, 9.17) is 4.74 Å². The molecule has 0 amide bonds. The average molecular weight is 377 g/mol. The van der Waals surface area contributed by atoms with Crippen molar-refractivity contribution in [1.82, 2.24) is 0 Å². The van der Waals surface area contributed by atoms with Crippen LogP contribution in [0.15, 0.2) is 6.07 Å². The van der Waals surface area contributed by atoms with E-state index in [2.05, 4.69) is 0 Å². The predicted molar refractivity (Wildman–Crippen MR) is 105 cm³/mol. The van der Waals surface area contributed by atoms with E-state index in [1.54, 1.807) is 11.3 Å². The maximum absolute atomic E-state index is 11.4. The van der Waals surface area contributed by atoms with Gasteiger partial charge in [0.05, 0.1) is 6.61 Å². The molecule has 2 aliphatic rings. The second-order valence-corrected chi connectivity index (χ2v) is 8.20. The van der Waals surface area contributed by atoms with E-state index in [9.17, 15) is 9.59 Å². The molecule has 1 aromatic heterocycles. The van der Waals surface area contributed by atoms with Gasteiger partial charge in [0, 0.05) is 35.0 Å². The highest BCUT2D eigenvalue weighted by molar-refractivity contribution is 7.99. The van der Waals surface area contributed by atoms with Crippen molar-refractivity contribution in [3.63, 3.8) is 0 Å². The van der Waals surface area contributed by atoms with Crippen molar-refractivity contribution < 1.29 is 14.3 Å². The summed E-state index contributed by atoms with van der Waals surface area (Å²) in [5.74, 6) is 4.61. The Morgan fingerprint density at radius 2 is 1.78 bits per heavy atom. The number of thioether (sulfide) groups is 2. The largest absolute Gasteiger partial charge is 0.462 e. The maximum atomic E-state index is 11.4. The molecule has 3 rings (SSSR count). The van der Waals surface area contributed by atoms with Crippen molar-refractivity contribution in [2.24, 2.45) is 0 Å². The molecular weight excluding hydrogens is 348 g/mol. The number of aryl methyl sites for hydroxylation is 1. The molecule has 0 aliphatic carbocycles. The van der Waals surface area contributed by atoms with Crippen LogP contribution >= 0.6 is 34.9 Å². The van der Waals surface area contributed by atoms with E-state index >= 15 is 0 Å². The van der Waals surface area contributed by atoms with Crippen molar-refractivity contribution in [2.75, 3.05) is 23.9 Å². The highest BCUT2D eigenvalue weighted by Crippen LogP contribution is 2.31. The number of rotatable bonds is 2. The summed E-state index contributed by atoms with van der Waals surface area (Å²) < 4.78 is 4.97. The third-order valence-corrected chi connectivity index (χ3v) is 6.37. The van der Waals surface area contributed by atoms with Crippen molar-refractivity contribution in [3.8, 4) is 0 Å². The lowest BCUT2D eigenvalue weighted by Crippen LogP contribution is -2.06. The van der Waals surface area contributed by atoms with Gasteiger partial charge in [0.2, 0.25) is 0 Å². The van der Waals surface area contributed by atoms with Gasteiger partial charge < -0.3 is 4.74 Å². The van der Waals surface area contributed by atoms with Gasteiger partial charge in [-0.3, -0.25) is 4.79 Å².